The second-order valence-electron chi connectivity index (χ2n) is 6.40. The van der Waals surface area contributed by atoms with Crippen molar-refractivity contribution in [2.24, 2.45) is 0 Å². The highest BCUT2D eigenvalue weighted by molar-refractivity contribution is 5.81. The summed E-state index contributed by atoms with van der Waals surface area (Å²) in [6.07, 6.45) is -0.570. The Balaban J connectivity index is 1.59. The van der Waals surface area contributed by atoms with E-state index in [1.54, 1.807) is 21.1 Å². The number of piperazine rings is 1. The van der Waals surface area contributed by atoms with Crippen molar-refractivity contribution in [3.05, 3.63) is 48.5 Å². The molecule has 1 aliphatic heterocycles. The van der Waals surface area contributed by atoms with E-state index >= 15 is 0 Å². The largest absolute Gasteiger partial charge is 0.495 e. The first kappa shape index (κ1) is 18.9. The molecule has 0 N–H and O–H groups in total. The van der Waals surface area contributed by atoms with Gasteiger partial charge in [-0.3, -0.25) is 4.79 Å². The van der Waals surface area contributed by atoms with E-state index in [1.807, 2.05) is 53.4 Å². The fourth-order valence-electron chi connectivity index (χ4n) is 3.27. The van der Waals surface area contributed by atoms with Crippen molar-refractivity contribution in [3.63, 3.8) is 0 Å². The third kappa shape index (κ3) is 4.27. The maximum absolute atomic E-state index is 12.8. The van der Waals surface area contributed by atoms with Gasteiger partial charge in [0.15, 0.2) is 17.6 Å². The van der Waals surface area contributed by atoms with Crippen LogP contribution in [0.15, 0.2) is 48.5 Å². The van der Waals surface area contributed by atoms with Crippen molar-refractivity contribution in [3.8, 4) is 17.2 Å². The summed E-state index contributed by atoms with van der Waals surface area (Å²) in [7, 11) is 3.27. The number of benzene rings is 2. The van der Waals surface area contributed by atoms with E-state index in [2.05, 4.69) is 4.90 Å². The van der Waals surface area contributed by atoms with Crippen molar-refractivity contribution >= 4 is 11.6 Å². The molecule has 1 atom stereocenters. The van der Waals surface area contributed by atoms with E-state index in [-0.39, 0.29) is 5.91 Å². The molecule has 144 valence electrons. The number of anilines is 1. The van der Waals surface area contributed by atoms with Crippen LogP contribution in [0.5, 0.6) is 17.2 Å². The first-order valence-corrected chi connectivity index (χ1v) is 9.10. The lowest BCUT2D eigenvalue weighted by molar-refractivity contribution is -0.138. The molecular weight excluding hydrogens is 344 g/mol. The Morgan fingerprint density at radius 3 is 2.04 bits per heavy atom. The van der Waals surface area contributed by atoms with Gasteiger partial charge in [-0.1, -0.05) is 24.3 Å². The lowest BCUT2D eigenvalue weighted by Gasteiger charge is -2.37. The molecule has 1 heterocycles. The standard InChI is InChI=1S/C21H26N2O4/c1-16(27-20-11-7-6-10-19(20)26-3)21(24)23-14-12-22(13-15-23)17-8-4-5-9-18(17)25-2/h4-11,16H,12-15H2,1-3H3. The number of carbonyl (C=O) groups is 1. The highest BCUT2D eigenvalue weighted by Gasteiger charge is 2.27. The quantitative estimate of drug-likeness (QED) is 0.783. The molecule has 27 heavy (non-hydrogen) atoms. The van der Waals surface area contributed by atoms with Gasteiger partial charge in [-0.2, -0.15) is 0 Å². The fraction of sp³-hybridized carbons (Fsp3) is 0.381. The highest BCUT2D eigenvalue weighted by atomic mass is 16.5. The minimum Gasteiger partial charge on any atom is -0.495 e. The summed E-state index contributed by atoms with van der Waals surface area (Å²) in [4.78, 5) is 16.9. The topological polar surface area (TPSA) is 51.2 Å². The van der Waals surface area contributed by atoms with Crippen LogP contribution < -0.4 is 19.1 Å². The van der Waals surface area contributed by atoms with Gasteiger partial charge in [0.05, 0.1) is 19.9 Å². The molecule has 6 heteroatoms. The van der Waals surface area contributed by atoms with Crippen LogP contribution in [0.25, 0.3) is 0 Å². The van der Waals surface area contributed by atoms with Crippen LogP contribution >= 0.6 is 0 Å². The fourth-order valence-corrected chi connectivity index (χ4v) is 3.27. The molecule has 0 radical (unpaired) electrons. The monoisotopic (exact) mass is 370 g/mol. The van der Waals surface area contributed by atoms with E-state index in [4.69, 9.17) is 14.2 Å². The summed E-state index contributed by atoms with van der Waals surface area (Å²) >= 11 is 0. The van der Waals surface area contributed by atoms with Crippen molar-refractivity contribution in [1.29, 1.82) is 0 Å². The summed E-state index contributed by atoms with van der Waals surface area (Å²) in [6, 6.07) is 15.3. The lowest BCUT2D eigenvalue weighted by atomic mass is 10.2. The first-order valence-electron chi connectivity index (χ1n) is 9.10. The second-order valence-corrected chi connectivity index (χ2v) is 6.40. The molecular formula is C21H26N2O4. The Bertz CT molecular complexity index is 772. The maximum atomic E-state index is 12.8. The zero-order valence-corrected chi connectivity index (χ0v) is 16.1. The molecule has 3 rings (SSSR count). The smallest absolute Gasteiger partial charge is 0.263 e. The van der Waals surface area contributed by atoms with Gasteiger partial charge in [-0.25, -0.2) is 0 Å². The van der Waals surface area contributed by atoms with Gasteiger partial charge >= 0.3 is 0 Å². The summed E-state index contributed by atoms with van der Waals surface area (Å²) < 4.78 is 16.6. The predicted octanol–water partition coefficient (Wildman–Crippen LogP) is 2.82. The minimum absolute atomic E-state index is 0.0133. The summed E-state index contributed by atoms with van der Waals surface area (Å²) in [5.41, 5.74) is 1.06. The molecule has 0 bridgehead atoms. The summed E-state index contributed by atoms with van der Waals surface area (Å²) in [6.45, 7) is 4.59. The molecule has 1 amide bonds. The number of nitrogens with zero attached hydrogens (tertiary/aromatic N) is 2. The van der Waals surface area contributed by atoms with Gasteiger partial charge < -0.3 is 24.0 Å². The van der Waals surface area contributed by atoms with Crippen molar-refractivity contribution in [1.82, 2.24) is 4.90 Å². The Morgan fingerprint density at radius 2 is 1.41 bits per heavy atom. The molecule has 2 aromatic rings. The van der Waals surface area contributed by atoms with Gasteiger partial charge in [0.25, 0.3) is 5.91 Å². The van der Waals surface area contributed by atoms with Gasteiger partial charge in [0.2, 0.25) is 0 Å². The molecule has 1 saturated heterocycles. The molecule has 1 fully saturated rings. The van der Waals surface area contributed by atoms with Crippen molar-refractivity contribution < 1.29 is 19.0 Å². The number of methoxy groups -OCH3 is 2. The number of para-hydroxylation sites is 4. The number of hydrogen-bond donors (Lipinski definition) is 0. The SMILES string of the molecule is COc1ccccc1OC(C)C(=O)N1CCN(c2ccccc2OC)CC1. The van der Waals surface area contributed by atoms with Crippen LogP contribution in [0.3, 0.4) is 0 Å². The third-order valence-corrected chi connectivity index (χ3v) is 4.74. The zero-order valence-electron chi connectivity index (χ0n) is 16.1. The van der Waals surface area contributed by atoms with E-state index in [0.29, 0.717) is 24.6 Å². The Morgan fingerprint density at radius 1 is 0.852 bits per heavy atom. The van der Waals surface area contributed by atoms with E-state index in [1.165, 1.54) is 0 Å². The molecule has 0 saturated carbocycles. The first-order chi connectivity index (χ1) is 13.1. The molecule has 0 spiro atoms. The Kier molecular flexibility index (Phi) is 6.06. The summed E-state index contributed by atoms with van der Waals surface area (Å²) in [5, 5.41) is 0. The van der Waals surface area contributed by atoms with Crippen LogP contribution in [-0.4, -0.2) is 57.3 Å². The lowest BCUT2D eigenvalue weighted by Crippen LogP contribution is -2.52. The maximum Gasteiger partial charge on any atom is 0.263 e. The average Bonchev–Trinajstić information content (AvgIpc) is 2.73. The average molecular weight is 370 g/mol. The van der Waals surface area contributed by atoms with Crippen molar-refractivity contribution in [2.75, 3.05) is 45.3 Å². The van der Waals surface area contributed by atoms with E-state index < -0.39 is 6.10 Å². The number of ether oxygens (including phenoxy) is 3. The van der Waals surface area contributed by atoms with Gasteiger partial charge in [-0.05, 0) is 31.2 Å². The predicted molar refractivity (Wildman–Crippen MR) is 105 cm³/mol. The van der Waals surface area contributed by atoms with Gasteiger partial charge in [0, 0.05) is 26.2 Å². The highest BCUT2D eigenvalue weighted by Crippen LogP contribution is 2.29. The van der Waals surface area contributed by atoms with Crippen LogP contribution in [0.2, 0.25) is 0 Å². The Labute approximate surface area is 160 Å². The number of hydrogen-bond acceptors (Lipinski definition) is 5. The van der Waals surface area contributed by atoms with Crippen LogP contribution in [-0.2, 0) is 4.79 Å². The van der Waals surface area contributed by atoms with Crippen LogP contribution in [0.4, 0.5) is 5.69 Å². The van der Waals surface area contributed by atoms with Crippen LogP contribution in [0.1, 0.15) is 6.92 Å². The molecule has 1 unspecified atom stereocenters. The summed E-state index contributed by atoms with van der Waals surface area (Å²) in [5.74, 6) is 2.04. The minimum atomic E-state index is -0.570. The van der Waals surface area contributed by atoms with Crippen molar-refractivity contribution in [2.45, 2.75) is 13.0 Å². The molecule has 2 aromatic carbocycles. The zero-order chi connectivity index (χ0) is 19.2. The van der Waals surface area contributed by atoms with E-state index in [0.717, 1.165) is 24.5 Å². The molecule has 0 aromatic heterocycles. The Hall–Kier alpha value is -2.89. The molecule has 1 aliphatic rings. The molecule has 0 aliphatic carbocycles. The second kappa shape index (κ2) is 8.66. The van der Waals surface area contributed by atoms with E-state index in [9.17, 15) is 4.79 Å². The van der Waals surface area contributed by atoms with Gasteiger partial charge in [0.1, 0.15) is 5.75 Å². The normalized spacial score (nSPS) is 15.2. The van der Waals surface area contributed by atoms with Crippen LogP contribution in [0, 0.1) is 0 Å². The number of amides is 1. The third-order valence-electron chi connectivity index (χ3n) is 4.74. The number of carbonyl (C=O) groups excluding carboxylic acids is 1. The van der Waals surface area contributed by atoms with Gasteiger partial charge in [-0.15, -0.1) is 0 Å². The number of rotatable bonds is 6. The molecule has 6 nitrogen and oxygen atoms in total.